The molecule has 182 valence electrons. The standard InChI is InChI=1S/C27H37N5O2/c1-2-3-12-28-27-29-17-24-25(19-32(26(24)30-27)22-8-10-23(33)11-9-22)21-6-4-20(5-7-21)18-31-13-15-34-16-14-31/h4-7,17,19,22-23,33H,2-3,8-16,18H2,1H3,(H,28,29,30)/t22-,23-. The predicted molar refractivity (Wildman–Crippen MR) is 136 cm³/mol. The number of rotatable bonds is 8. The Labute approximate surface area is 202 Å². The number of hydrogen-bond acceptors (Lipinski definition) is 6. The summed E-state index contributed by atoms with van der Waals surface area (Å²) in [7, 11) is 0. The summed E-state index contributed by atoms with van der Waals surface area (Å²) in [6.45, 7) is 7.68. The van der Waals surface area contributed by atoms with E-state index in [1.165, 1.54) is 16.7 Å². The molecule has 2 fully saturated rings. The van der Waals surface area contributed by atoms with Crippen LogP contribution in [0.1, 0.15) is 57.1 Å². The van der Waals surface area contributed by atoms with Gasteiger partial charge >= 0.3 is 0 Å². The highest BCUT2D eigenvalue weighted by Crippen LogP contribution is 2.36. The first-order chi connectivity index (χ1) is 16.7. The molecule has 0 unspecified atom stereocenters. The average Bonchev–Trinajstić information content (AvgIpc) is 3.25. The predicted octanol–water partition coefficient (Wildman–Crippen LogP) is 4.62. The number of anilines is 1. The summed E-state index contributed by atoms with van der Waals surface area (Å²) in [4.78, 5) is 12.0. The van der Waals surface area contributed by atoms with E-state index in [1.54, 1.807) is 0 Å². The molecule has 5 rings (SSSR count). The minimum absolute atomic E-state index is 0.169. The summed E-state index contributed by atoms with van der Waals surface area (Å²) >= 11 is 0. The zero-order chi connectivity index (χ0) is 23.3. The van der Waals surface area contributed by atoms with E-state index < -0.39 is 0 Å². The fraction of sp³-hybridized carbons (Fsp3) is 0.556. The number of aliphatic hydroxyl groups is 1. The third kappa shape index (κ3) is 5.27. The van der Waals surface area contributed by atoms with Gasteiger partial charge in [-0.25, -0.2) is 4.98 Å². The first-order valence-electron chi connectivity index (χ1n) is 12.9. The van der Waals surface area contributed by atoms with Gasteiger partial charge < -0.3 is 19.7 Å². The van der Waals surface area contributed by atoms with Crippen LogP contribution < -0.4 is 5.32 Å². The minimum Gasteiger partial charge on any atom is -0.393 e. The van der Waals surface area contributed by atoms with E-state index in [1.807, 2.05) is 6.20 Å². The van der Waals surface area contributed by atoms with Gasteiger partial charge in [-0.1, -0.05) is 37.6 Å². The SMILES string of the molecule is CCCCNc1ncc2c(-c3ccc(CN4CCOCC4)cc3)cn([C@H]3CC[C@H](O)CC3)c2n1. The van der Waals surface area contributed by atoms with E-state index in [-0.39, 0.29) is 6.10 Å². The number of nitrogens with zero attached hydrogens (tertiary/aromatic N) is 4. The Morgan fingerprint density at radius 1 is 1.09 bits per heavy atom. The maximum atomic E-state index is 10.0. The van der Waals surface area contributed by atoms with Gasteiger partial charge in [-0.05, 0) is 43.2 Å². The molecule has 2 aliphatic rings. The van der Waals surface area contributed by atoms with Gasteiger partial charge in [0.25, 0.3) is 0 Å². The van der Waals surface area contributed by atoms with Crippen LogP contribution in [-0.4, -0.2) is 63.5 Å². The lowest BCUT2D eigenvalue weighted by molar-refractivity contribution is 0.0342. The molecule has 34 heavy (non-hydrogen) atoms. The van der Waals surface area contributed by atoms with Gasteiger partial charge in [0.15, 0.2) is 0 Å². The van der Waals surface area contributed by atoms with Crippen molar-refractivity contribution in [2.45, 2.75) is 64.1 Å². The second-order valence-electron chi connectivity index (χ2n) is 9.71. The van der Waals surface area contributed by atoms with Crippen LogP contribution >= 0.6 is 0 Å². The lowest BCUT2D eigenvalue weighted by atomic mass is 9.93. The molecule has 3 aromatic rings. The van der Waals surface area contributed by atoms with Crippen molar-refractivity contribution in [3.05, 3.63) is 42.2 Å². The van der Waals surface area contributed by atoms with Crippen LogP contribution in [-0.2, 0) is 11.3 Å². The van der Waals surface area contributed by atoms with Crippen LogP contribution in [0.3, 0.4) is 0 Å². The fourth-order valence-corrected chi connectivity index (χ4v) is 5.14. The number of aliphatic hydroxyl groups excluding tert-OH is 1. The topological polar surface area (TPSA) is 75.4 Å². The second-order valence-corrected chi connectivity index (χ2v) is 9.71. The van der Waals surface area contributed by atoms with Crippen LogP contribution in [0.5, 0.6) is 0 Å². The zero-order valence-electron chi connectivity index (χ0n) is 20.2. The number of fused-ring (bicyclic) bond motifs is 1. The molecule has 1 aliphatic carbocycles. The van der Waals surface area contributed by atoms with Gasteiger partial charge in [-0.2, -0.15) is 4.98 Å². The Morgan fingerprint density at radius 2 is 1.85 bits per heavy atom. The molecular weight excluding hydrogens is 426 g/mol. The lowest BCUT2D eigenvalue weighted by Crippen LogP contribution is -2.35. The summed E-state index contributed by atoms with van der Waals surface area (Å²) in [5.74, 6) is 0.698. The van der Waals surface area contributed by atoms with Gasteiger partial charge in [0, 0.05) is 55.6 Å². The van der Waals surface area contributed by atoms with Crippen LogP contribution in [0, 0.1) is 0 Å². The highest BCUT2D eigenvalue weighted by molar-refractivity contribution is 5.94. The first-order valence-corrected chi connectivity index (χ1v) is 12.9. The van der Waals surface area contributed by atoms with E-state index >= 15 is 0 Å². The number of benzene rings is 1. The van der Waals surface area contributed by atoms with Crippen molar-refractivity contribution in [3.8, 4) is 11.1 Å². The third-order valence-corrected chi connectivity index (χ3v) is 7.22. The van der Waals surface area contributed by atoms with Crippen molar-refractivity contribution in [3.63, 3.8) is 0 Å². The van der Waals surface area contributed by atoms with E-state index in [9.17, 15) is 5.11 Å². The number of nitrogens with one attached hydrogen (secondary N) is 1. The van der Waals surface area contributed by atoms with Crippen molar-refractivity contribution in [2.75, 3.05) is 38.2 Å². The Bertz CT molecular complexity index is 1070. The van der Waals surface area contributed by atoms with E-state index in [0.29, 0.717) is 12.0 Å². The molecule has 0 amide bonds. The minimum atomic E-state index is -0.169. The molecular formula is C27H37N5O2. The number of ether oxygens (including phenoxy) is 1. The van der Waals surface area contributed by atoms with Gasteiger partial charge in [0.05, 0.1) is 19.3 Å². The average molecular weight is 464 g/mol. The molecule has 1 aliphatic heterocycles. The van der Waals surface area contributed by atoms with Crippen LogP contribution in [0.2, 0.25) is 0 Å². The molecule has 1 saturated heterocycles. The van der Waals surface area contributed by atoms with Gasteiger partial charge in [0.1, 0.15) is 5.65 Å². The van der Waals surface area contributed by atoms with Crippen molar-refractivity contribution in [2.24, 2.45) is 0 Å². The molecule has 0 spiro atoms. The molecule has 0 bridgehead atoms. The van der Waals surface area contributed by atoms with E-state index in [4.69, 9.17) is 9.72 Å². The molecule has 7 nitrogen and oxygen atoms in total. The van der Waals surface area contributed by atoms with Crippen molar-refractivity contribution >= 4 is 17.0 Å². The Kier molecular flexibility index (Phi) is 7.42. The smallest absolute Gasteiger partial charge is 0.224 e. The lowest BCUT2D eigenvalue weighted by Gasteiger charge is -2.27. The van der Waals surface area contributed by atoms with Crippen molar-refractivity contribution < 1.29 is 9.84 Å². The quantitative estimate of drug-likeness (QED) is 0.475. The molecule has 2 aromatic heterocycles. The zero-order valence-corrected chi connectivity index (χ0v) is 20.2. The summed E-state index contributed by atoms with van der Waals surface area (Å²) in [6.07, 6.45) is 9.96. The number of morpholine rings is 1. The van der Waals surface area contributed by atoms with Gasteiger partial charge in [-0.3, -0.25) is 4.90 Å². The largest absolute Gasteiger partial charge is 0.393 e. The van der Waals surface area contributed by atoms with Crippen molar-refractivity contribution in [1.29, 1.82) is 0 Å². The first kappa shape index (κ1) is 23.3. The summed E-state index contributed by atoms with van der Waals surface area (Å²) in [5, 5.41) is 14.5. The third-order valence-electron chi connectivity index (χ3n) is 7.22. The highest BCUT2D eigenvalue weighted by atomic mass is 16.5. The molecule has 1 saturated carbocycles. The second kappa shape index (κ2) is 10.8. The Morgan fingerprint density at radius 3 is 2.59 bits per heavy atom. The monoisotopic (exact) mass is 463 g/mol. The highest BCUT2D eigenvalue weighted by Gasteiger charge is 2.24. The van der Waals surface area contributed by atoms with E-state index in [0.717, 1.165) is 89.0 Å². The maximum absolute atomic E-state index is 10.0. The fourth-order valence-electron chi connectivity index (χ4n) is 5.14. The molecule has 1 aromatic carbocycles. The Balaban J connectivity index is 1.43. The van der Waals surface area contributed by atoms with Crippen LogP contribution in [0.25, 0.3) is 22.2 Å². The summed E-state index contributed by atoms with van der Waals surface area (Å²) < 4.78 is 7.81. The molecule has 0 atom stereocenters. The molecule has 7 heteroatoms. The van der Waals surface area contributed by atoms with Gasteiger partial charge in [0.2, 0.25) is 5.95 Å². The number of hydrogen-bond donors (Lipinski definition) is 2. The normalized spacial score (nSPS) is 21.7. The van der Waals surface area contributed by atoms with Crippen LogP contribution in [0.15, 0.2) is 36.7 Å². The van der Waals surface area contributed by atoms with Crippen LogP contribution in [0.4, 0.5) is 5.95 Å². The van der Waals surface area contributed by atoms with Crippen molar-refractivity contribution in [1.82, 2.24) is 19.4 Å². The molecule has 3 heterocycles. The Hall–Kier alpha value is -2.48. The molecule has 0 radical (unpaired) electrons. The summed E-state index contributed by atoms with van der Waals surface area (Å²) in [5.41, 5.74) is 4.69. The van der Waals surface area contributed by atoms with E-state index in [2.05, 4.69) is 57.2 Å². The maximum Gasteiger partial charge on any atom is 0.224 e. The summed E-state index contributed by atoms with van der Waals surface area (Å²) in [6, 6.07) is 9.30. The van der Waals surface area contributed by atoms with Gasteiger partial charge in [-0.15, -0.1) is 0 Å². The number of aromatic nitrogens is 3. The molecule has 2 N–H and O–H groups in total. The number of unbranched alkanes of at least 4 members (excludes halogenated alkanes) is 1.